The van der Waals surface area contributed by atoms with Gasteiger partial charge in [0.1, 0.15) is 0 Å². The van der Waals surface area contributed by atoms with Gasteiger partial charge in [-0.25, -0.2) is 0 Å². The number of methoxy groups -OCH3 is 3. The average Bonchev–Trinajstić information content (AvgIpc) is 2.44. The Balaban J connectivity index is 2.51. The smallest absolute Gasteiger partial charge is 0.220 e. The maximum atomic E-state index is 11.8. The summed E-state index contributed by atoms with van der Waals surface area (Å²) in [5.74, 6) is 1.39. The highest BCUT2D eigenvalue weighted by atomic mass is 16.5. The molecular weight excluding hydrogens is 258 g/mol. The number of hydrogen-bond acceptors (Lipinski definition) is 4. The Hall–Kier alpha value is -1.75. The molecule has 0 fully saturated rings. The summed E-state index contributed by atoms with van der Waals surface area (Å²) in [4.78, 5) is 11.8. The average molecular weight is 281 g/mol. The van der Waals surface area contributed by atoms with Crippen LogP contribution in [-0.4, -0.2) is 39.9 Å². The Morgan fingerprint density at radius 3 is 2.50 bits per heavy atom. The molecule has 0 spiro atoms. The van der Waals surface area contributed by atoms with Crippen molar-refractivity contribution < 1.29 is 19.0 Å². The number of carbonyl (C=O) groups is 1. The van der Waals surface area contributed by atoms with Crippen molar-refractivity contribution in [2.45, 2.75) is 25.8 Å². The summed E-state index contributed by atoms with van der Waals surface area (Å²) in [6, 6.07) is 5.70. The fraction of sp³-hybridized carbons (Fsp3) is 0.533. The van der Waals surface area contributed by atoms with E-state index in [-0.39, 0.29) is 11.9 Å². The molecule has 1 rings (SSSR count). The van der Waals surface area contributed by atoms with Crippen LogP contribution in [0, 0.1) is 0 Å². The Kier molecular flexibility index (Phi) is 6.87. The summed E-state index contributed by atoms with van der Waals surface area (Å²) in [5.41, 5.74) is 1.04. The Morgan fingerprint density at radius 1 is 1.20 bits per heavy atom. The first-order chi connectivity index (χ1) is 9.60. The van der Waals surface area contributed by atoms with Crippen LogP contribution in [0.4, 0.5) is 0 Å². The lowest BCUT2D eigenvalue weighted by atomic mass is 10.1. The van der Waals surface area contributed by atoms with Gasteiger partial charge in [-0.3, -0.25) is 4.79 Å². The molecule has 5 heteroatoms. The minimum atomic E-state index is 0.0179. The SMILES string of the molecule is COCC(C)NC(=O)CCc1ccc(OC)c(OC)c1. The molecule has 1 N–H and O–H groups in total. The normalized spacial score (nSPS) is 11.8. The quantitative estimate of drug-likeness (QED) is 0.789. The van der Waals surface area contributed by atoms with Crippen LogP contribution in [0.5, 0.6) is 11.5 Å². The first-order valence-corrected chi connectivity index (χ1v) is 6.60. The number of ether oxygens (including phenoxy) is 3. The van der Waals surface area contributed by atoms with Crippen LogP contribution in [0.1, 0.15) is 18.9 Å². The maximum Gasteiger partial charge on any atom is 0.220 e. The molecule has 0 aliphatic carbocycles. The van der Waals surface area contributed by atoms with Crippen molar-refractivity contribution in [3.8, 4) is 11.5 Å². The van der Waals surface area contributed by atoms with E-state index < -0.39 is 0 Å². The topological polar surface area (TPSA) is 56.8 Å². The van der Waals surface area contributed by atoms with Crippen LogP contribution >= 0.6 is 0 Å². The summed E-state index contributed by atoms with van der Waals surface area (Å²) < 4.78 is 15.4. The fourth-order valence-corrected chi connectivity index (χ4v) is 1.93. The molecule has 0 heterocycles. The van der Waals surface area contributed by atoms with Gasteiger partial charge < -0.3 is 19.5 Å². The second-order valence-electron chi connectivity index (χ2n) is 4.61. The van der Waals surface area contributed by atoms with Crippen molar-refractivity contribution >= 4 is 5.91 Å². The van der Waals surface area contributed by atoms with E-state index in [1.165, 1.54) is 0 Å². The predicted molar refractivity (Wildman–Crippen MR) is 77.3 cm³/mol. The van der Waals surface area contributed by atoms with E-state index in [2.05, 4.69) is 5.32 Å². The first kappa shape index (κ1) is 16.3. The number of aryl methyl sites for hydroxylation is 1. The summed E-state index contributed by atoms with van der Waals surface area (Å²) in [7, 11) is 4.81. The van der Waals surface area contributed by atoms with E-state index in [0.717, 1.165) is 5.56 Å². The van der Waals surface area contributed by atoms with Gasteiger partial charge in [0.15, 0.2) is 11.5 Å². The van der Waals surface area contributed by atoms with Gasteiger partial charge in [0.2, 0.25) is 5.91 Å². The molecule has 5 nitrogen and oxygen atoms in total. The fourth-order valence-electron chi connectivity index (χ4n) is 1.93. The number of rotatable bonds is 8. The van der Waals surface area contributed by atoms with Gasteiger partial charge in [0.25, 0.3) is 0 Å². The van der Waals surface area contributed by atoms with Crippen molar-refractivity contribution in [2.24, 2.45) is 0 Å². The molecule has 0 radical (unpaired) electrons. The molecule has 1 aromatic rings. The summed E-state index contributed by atoms with van der Waals surface area (Å²) in [6.45, 7) is 2.43. The molecule has 0 aromatic heterocycles. The van der Waals surface area contributed by atoms with Crippen LogP contribution in [-0.2, 0) is 16.0 Å². The van der Waals surface area contributed by atoms with E-state index in [4.69, 9.17) is 14.2 Å². The predicted octanol–water partition coefficient (Wildman–Crippen LogP) is 1.79. The number of carbonyl (C=O) groups excluding carboxylic acids is 1. The van der Waals surface area contributed by atoms with Crippen LogP contribution < -0.4 is 14.8 Å². The second-order valence-corrected chi connectivity index (χ2v) is 4.61. The maximum absolute atomic E-state index is 11.8. The lowest BCUT2D eigenvalue weighted by molar-refractivity contribution is -0.122. The minimum Gasteiger partial charge on any atom is -0.493 e. The number of benzene rings is 1. The van der Waals surface area contributed by atoms with E-state index >= 15 is 0 Å². The van der Waals surface area contributed by atoms with Gasteiger partial charge in [-0.2, -0.15) is 0 Å². The molecule has 1 unspecified atom stereocenters. The second kappa shape index (κ2) is 8.43. The third-order valence-electron chi connectivity index (χ3n) is 2.91. The zero-order valence-corrected chi connectivity index (χ0v) is 12.6. The highest BCUT2D eigenvalue weighted by Gasteiger charge is 2.09. The molecule has 1 amide bonds. The highest BCUT2D eigenvalue weighted by Crippen LogP contribution is 2.27. The molecule has 0 bridgehead atoms. The Bertz CT molecular complexity index is 434. The zero-order valence-electron chi connectivity index (χ0n) is 12.6. The zero-order chi connectivity index (χ0) is 15.0. The largest absolute Gasteiger partial charge is 0.493 e. The molecular formula is C15H23NO4. The summed E-state index contributed by atoms with van der Waals surface area (Å²) in [6.07, 6.45) is 1.09. The van der Waals surface area contributed by atoms with Crippen LogP contribution in [0.15, 0.2) is 18.2 Å². The third-order valence-corrected chi connectivity index (χ3v) is 2.91. The van der Waals surface area contributed by atoms with Gasteiger partial charge >= 0.3 is 0 Å². The minimum absolute atomic E-state index is 0.0179. The van der Waals surface area contributed by atoms with E-state index in [1.54, 1.807) is 21.3 Å². The molecule has 1 atom stereocenters. The van der Waals surface area contributed by atoms with Crippen LogP contribution in [0.25, 0.3) is 0 Å². The van der Waals surface area contributed by atoms with Crippen LogP contribution in [0.2, 0.25) is 0 Å². The van der Waals surface area contributed by atoms with E-state index in [0.29, 0.717) is 30.9 Å². The molecule has 1 aromatic carbocycles. The molecule has 0 saturated carbocycles. The van der Waals surface area contributed by atoms with E-state index in [9.17, 15) is 4.79 Å². The first-order valence-electron chi connectivity index (χ1n) is 6.60. The molecule has 112 valence electrons. The van der Waals surface area contributed by atoms with Crippen molar-refractivity contribution in [2.75, 3.05) is 27.9 Å². The molecule has 0 saturated heterocycles. The van der Waals surface area contributed by atoms with Crippen molar-refractivity contribution in [3.63, 3.8) is 0 Å². The number of amides is 1. The molecule has 0 aliphatic heterocycles. The van der Waals surface area contributed by atoms with Gasteiger partial charge in [-0.1, -0.05) is 6.07 Å². The van der Waals surface area contributed by atoms with Crippen LogP contribution in [0.3, 0.4) is 0 Å². The lowest BCUT2D eigenvalue weighted by Crippen LogP contribution is -2.35. The Morgan fingerprint density at radius 2 is 1.90 bits per heavy atom. The van der Waals surface area contributed by atoms with Gasteiger partial charge in [-0.05, 0) is 31.0 Å². The number of nitrogens with one attached hydrogen (secondary N) is 1. The monoisotopic (exact) mass is 281 g/mol. The summed E-state index contributed by atoms with van der Waals surface area (Å²) in [5, 5.41) is 2.88. The Labute approximate surface area is 120 Å². The van der Waals surface area contributed by atoms with Gasteiger partial charge in [-0.15, -0.1) is 0 Å². The molecule has 20 heavy (non-hydrogen) atoms. The van der Waals surface area contributed by atoms with Gasteiger partial charge in [0.05, 0.1) is 20.8 Å². The summed E-state index contributed by atoms with van der Waals surface area (Å²) >= 11 is 0. The third kappa shape index (κ3) is 5.09. The van der Waals surface area contributed by atoms with E-state index in [1.807, 2.05) is 25.1 Å². The van der Waals surface area contributed by atoms with Crippen molar-refractivity contribution in [1.82, 2.24) is 5.32 Å². The molecule has 0 aliphatic rings. The number of hydrogen-bond donors (Lipinski definition) is 1. The lowest BCUT2D eigenvalue weighted by Gasteiger charge is -2.13. The van der Waals surface area contributed by atoms with Crippen molar-refractivity contribution in [3.05, 3.63) is 23.8 Å². The van der Waals surface area contributed by atoms with Crippen molar-refractivity contribution in [1.29, 1.82) is 0 Å². The highest BCUT2D eigenvalue weighted by molar-refractivity contribution is 5.76. The standard InChI is InChI=1S/C15H23NO4/c1-11(10-18-2)16-15(17)8-6-12-5-7-13(19-3)14(9-12)20-4/h5,7,9,11H,6,8,10H2,1-4H3,(H,16,17). The van der Waals surface area contributed by atoms with Gasteiger partial charge in [0, 0.05) is 19.6 Å².